The van der Waals surface area contributed by atoms with E-state index in [2.05, 4.69) is 15.8 Å². The van der Waals surface area contributed by atoms with Gasteiger partial charge in [0.25, 0.3) is 0 Å². The number of nitrogens with one attached hydrogen (secondary N) is 2. The lowest BCUT2D eigenvalue weighted by molar-refractivity contribution is 1.05. The predicted molar refractivity (Wildman–Crippen MR) is 109 cm³/mol. The largest absolute Gasteiger partial charge is 0.330 e. The first-order valence-electron chi connectivity index (χ1n) is 6.94. The Labute approximate surface area is 161 Å². The van der Waals surface area contributed by atoms with Gasteiger partial charge in [0.15, 0.2) is 5.11 Å². The minimum atomic E-state index is 0.332. The number of aryl methyl sites for hydroxylation is 1. The molecule has 0 aliphatic heterocycles. The summed E-state index contributed by atoms with van der Waals surface area (Å²) in [5, 5.41) is 9.13. The molecule has 0 radical (unpaired) electrons. The van der Waals surface area contributed by atoms with Gasteiger partial charge in [0.2, 0.25) is 0 Å². The first kappa shape index (κ1) is 18.7. The lowest BCUT2D eigenvalue weighted by Crippen LogP contribution is -2.24. The molecule has 2 aromatic rings. The molecule has 0 unspecified atom stereocenters. The molecule has 0 aliphatic carbocycles. The highest BCUT2D eigenvalue weighted by atomic mass is 35.5. The molecule has 2 rings (SSSR count). The second-order valence-corrected chi connectivity index (χ2v) is 6.46. The summed E-state index contributed by atoms with van der Waals surface area (Å²) in [6.07, 6.45) is 3.17. The molecule has 0 saturated carbocycles. The van der Waals surface area contributed by atoms with E-state index in [9.17, 15) is 0 Å². The number of hydrogen-bond acceptors (Lipinski definition) is 2. The van der Waals surface area contributed by atoms with Crippen molar-refractivity contribution in [1.82, 2.24) is 5.43 Å². The first-order valence-corrected chi connectivity index (χ1v) is 8.48. The van der Waals surface area contributed by atoms with Crippen molar-refractivity contribution in [2.75, 3.05) is 5.32 Å². The number of thiocarbonyl (C=S) groups is 1. The van der Waals surface area contributed by atoms with E-state index in [0.29, 0.717) is 20.2 Å². The molecule has 0 fully saturated rings. The molecule has 0 atom stereocenters. The maximum Gasteiger partial charge on any atom is 0.191 e. The molecular formula is C17H14Cl3N3S. The van der Waals surface area contributed by atoms with E-state index in [1.807, 2.05) is 31.2 Å². The second-order valence-electron chi connectivity index (χ2n) is 4.80. The molecule has 0 spiro atoms. The third-order valence-electron chi connectivity index (χ3n) is 3.04. The van der Waals surface area contributed by atoms with Gasteiger partial charge in [-0.2, -0.15) is 5.10 Å². The Morgan fingerprint density at radius 1 is 1.12 bits per heavy atom. The van der Waals surface area contributed by atoms with Gasteiger partial charge in [-0.25, -0.2) is 0 Å². The van der Waals surface area contributed by atoms with E-state index in [-0.39, 0.29) is 0 Å². The van der Waals surface area contributed by atoms with E-state index in [1.54, 1.807) is 24.3 Å². The lowest BCUT2D eigenvalue weighted by atomic mass is 10.2. The number of para-hydroxylation sites is 1. The Kier molecular flexibility index (Phi) is 7.06. The van der Waals surface area contributed by atoms with Crippen LogP contribution in [0.5, 0.6) is 0 Å². The molecule has 2 N–H and O–H groups in total. The zero-order valence-electron chi connectivity index (χ0n) is 12.7. The van der Waals surface area contributed by atoms with Gasteiger partial charge in [-0.05, 0) is 54.5 Å². The smallest absolute Gasteiger partial charge is 0.191 e. The number of allylic oxidation sites excluding steroid dienone is 1. The number of halogens is 3. The number of hydrazone groups is 1. The van der Waals surface area contributed by atoms with Crippen LogP contribution in [0.25, 0.3) is 5.03 Å². The Morgan fingerprint density at radius 3 is 2.50 bits per heavy atom. The first-order chi connectivity index (χ1) is 11.5. The molecule has 124 valence electrons. The molecule has 0 aliphatic rings. The number of benzene rings is 2. The summed E-state index contributed by atoms with van der Waals surface area (Å²) in [6.45, 7) is 1.94. The molecule has 2 aromatic carbocycles. The summed E-state index contributed by atoms with van der Waals surface area (Å²) in [5.41, 5.74) is 5.29. The van der Waals surface area contributed by atoms with Gasteiger partial charge in [-0.3, -0.25) is 5.43 Å². The van der Waals surface area contributed by atoms with Gasteiger partial charge in [-0.15, -0.1) is 0 Å². The van der Waals surface area contributed by atoms with Crippen LogP contribution >= 0.6 is 47.0 Å². The SMILES string of the molecule is Cc1cccc(Cl)c1NC(=S)N/N=C/C=C(\Cl)c1ccc(Cl)cc1. The van der Waals surface area contributed by atoms with Gasteiger partial charge in [0, 0.05) is 16.3 Å². The highest BCUT2D eigenvalue weighted by Crippen LogP contribution is 2.25. The standard InChI is InChI=1S/C17H14Cl3N3S/c1-11-3-2-4-15(20)16(11)22-17(24)23-21-10-9-14(19)12-5-7-13(18)8-6-12/h2-10H,1H3,(H2,22,23,24)/b14-9-,21-10+. The second kappa shape index (κ2) is 9.04. The summed E-state index contributed by atoms with van der Waals surface area (Å²) in [7, 11) is 0. The van der Waals surface area contributed by atoms with Crippen LogP contribution < -0.4 is 10.7 Å². The molecule has 24 heavy (non-hydrogen) atoms. The Bertz CT molecular complexity index is 766. The molecule has 0 heterocycles. The normalized spacial score (nSPS) is 11.6. The molecular weight excluding hydrogens is 385 g/mol. The fourth-order valence-corrected chi connectivity index (χ4v) is 2.57. The Balaban J connectivity index is 1.92. The van der Waals surface area contributed by atoms with Crippen LogP contribution in [0.1, 0.15) is 11.1 Å². The highest BCUT2D eigenvalue weighted by molar-refractivity contribution is 7.80. The van der Waals surface area contributed by atoms with Gasteiger partial charge < -0.3 is 5.32 Å². The summed E-state index contributed by atoms with van der Waals surface area (Å²) in [6, 6.07) is 12.8. The van der Waals surface area contributed by atoms with Gasteiger partial charge in [0.05, 0.1) is 10.7 Å². The number of hydrogen-bond donors (Lipinski definition) is 2. The average molecular weight is 399 g/mol. The van der Waals surface area contributed by atoms with E-state index in [0.717, 1.165) is 16.8 Å². The maximum absolute atomic E-state index is 6.18. The monoisotopic (exact) mass is 397 g/mol. The number of rotatable bonds is 4. The van der Waals surface area contributed by atoms with Crippen LogP contribution in [0.15, 0.2) is 53.6 Å². The minimum absolute atomic E-state index is 0.332. The van der Waals surface area contributed by atoms with Crippen molar-refractivity contribution in [3.63, 3.8) is 0 Å². The van der Waals surface area contributed by atoms with Crippen LogP contribution in [0.4, 0.5) is 5.69 Å². The quantitative estimate of drug-likeness (QED) is 0.385. The van der Waals surface area contributed by atoms with Crippen molar-refractivity contribution in [3.8, 4) is 0 Å². The van der Waals surface area contributed by atoms with Crippen LogP contribution in [0.2, 0.25) is 10.0 Å². The van der Waals surface area contributed by atoms with Gasteiger partial charge >= 0.3 is 0 Å². The van der Waals surface area contributed by atoms with Crippen molar-refractivity contribution in [1.29, 1.82) is 0 Å². The van der Waals surface area contributed by atoms with E-state index < -0.39 is 0 Å². The van der Waals surface area contributed by atoms with Crippen molar-refractivity contribution in [3.05, 3.63) is 69.7 Å². The predicted octanol–water partition coefficient (Wildman–Crippen LogP) is 5.85. The third-order valence-corrected chi connectivity index (χ3v) is 4.15. The molecule has 0 bridgehead atoms. The van der Waals surface area contributed by atoms with E-state index in [1.165, 1.54) is 6.21 Å². The highest BCUT2D eigenvalue weighted by Gasteiger charge is 2.04. The summed E-state index contributed by atoms with van der Waals surface area (Å²) in [4.78, 5) is 0. The van der Waals surface area contributed by atoms with Crippen LogP contribution in [0.3, 0.4) is 0 Å². The molecule has 0 aromatic heterocycles. The molecule has 0 saturated heterocycles. The Morgan fingerprint density at radius 2 is 1.83 bits per heavy atom. The molecule has 7 heteroatoms. The molecule has 0 amide bonds. The fraction of sp³-hybridized carbons (Fsp3) is 0.0588. The topological polar surface area (TPSA) is 36.4 Å². The van der Waals surface area contributed by atoms with Crippen molar-refractivity contribution >= 4 is 69.1 Å². The summed E-state index contributed by atoms with van der Waals surface area (Å²) in [5.74, 6) is 0. The van der Waals surface area contributed by atoms with Gasteiger partial charge in [0.1, 0.15) is 0 Å². The molecule has 3 nitrogen and oxygen atoms in total. The van der Waals surface area contributed by atoms with Crippen LogP contribution in [0, 0.1) is 6.92 Å². The average Bonchev–Trinajstić information content (AvgIpc) is 2.55. The third kappa shape index (κ3) is 5.49. The van der Waals surface area contributed by atoms with Crippen LogP contribution in [-0.2, 0) is 0 Å². The zero-order valence-corrected chi connectivity index (χ0v) is 15.8. The van der Waals surface area contributed by atoms with Crippen LogP contribution in [-0.4, -0.2) is 11.3 Å². The lowest BCUT2D eigenvalue weighted by Gasteiger charge is -2.11. The zero-order chi connectivity index (χ0) is 17.5. The van der Waals surface area contributed by atoms with Crippen molar-refractivity contribution in [2.45, 2.75) is 6.92 Å². The number of anilines is 1. The van der Waals surface area contributed by atoms with E-state index >= 15 is 0 Å². The minimum Gasteiger partial charge on any atom is -0.330 e. The Hall–Kier alpha value is -1.59. The fourth-order valence-electron chi connectivity index (χ4n) is 1.84. The van der Waals surface area contributed by atoms with Crippen molar-refractivity contribution in [2.24, 2.45) is 5.10 Å². The maximum atomic E-state index is 6.18. The summed E-state index contributed by atoms with van der Waals surface area (Å²) >= 11 is 23.3. The van der Waals surface area contributed by atoms with E-state index in [4.69, 9.17) is 47.0 Å². The summed E-state index contributed by atoms with van der Waals surface area (Å²) < 4.78 is 0. The number of nitrogens with zero attached hydrogens (tertiary/aromatic N) is 1. The van der Waals surface area contributed by atoms with Crippen molar-refractivity contribution < 1.29 is 0 Å². The van der Waals surface area contributed by atoms with Gasteiger partial charge in [-0.1, -0.05) is 59.1 Å².